The summed E-state index contributed by atoms with van der Waals surface area (Å²) >= 11 is 6.95. The average Bonchev–Trinajstić information content (AvgIpc) is 2.81. The molecular weight excluding hydrogens is 315 g/mol. The van der Waals surface area contributed by atoms with Crippen molar-refractivity contribution in [1.82, 2.24) is 15.7 Å². The number of nitrogens with zero attached hydrogens (tertiary/aromatic N) is 1. The van der Waals surface area contributed by atoms with E-state index in [2.05, 4.69) is 10.6 Å². The van der Waals surface area contributed by atoms with E-state index in [4.69, 9.17) is 16.4 Å². The summed E-state index contributed by atoms with van der Waals surface area (Å²) in [6.07, 6.45) is -2.72. The Morgan fingerprint density at radius 3 is 2.60 bits per heavy atom. The van der Waals surface area contributed by atoms with Crippen LogP contribution < -0.4 is 5.48 Å². The quantitative estimate of drug-likeness (QED) is 0.880. The lowest BCUT2D eigenvalue weighted by atomic mass is 10.1. The van der Waals surface area contributed by atoms with Gasteiger partial charge >= 0.3 is 6.18 Å². The van der Waals surface area contributed by atoms with Crippen LogP contribution in [0.4, 0.5) is 13.2 Å². The average molecular weight is 328 g/mol. The molecule has 9 heteroatoms. The predicted molar refractivity (Wildman–Crippen MR) is 71.0 cm³/mol. The van der Waals surface area contributed by atoms with Gasteiger partial charge in [-0.2, -0.15) is 18.3 Å². The molecule has 1 aliphatic heterocycles. The van der Waals surface area contributed by atoms with Crippen molar-refractivity contribution < 1.29 is 18.0 Å². The maximum Gasteiger partial charge on any atom is 0.433 e. The van der Waals surface area contributed by atoms with Gasteiger partial charge in [0.2, 0.25) is 0 Å². The highest BCUT2D eigenvalue weighted by Gasteiger charge is 2.39. The van der Waals surface area contributed by atoms with Crippen molar-refractivity contribution >= 4 is 23.4 Å². The van der Waals surface area contributed by atoms with Gasteiger partial charge in [0.15, 0.2) is 5.15 Å². The smallest absolute Gasteiger partial charge is 0.272 e. The molecule has 20 heavy (non-hydrogen) atoms. The lowest BCUT2D eigenvalue weighted by Gasteiger charge is -2.14. The van der Waals surface area contributed by atoms with Crippen molar-refractivity contribution in [1.29, 1.82) is 0 Å². The van der Waals surface area contributed by atoms with Crippen LogP contribution in [0.25, 0.3) is 0 Å². The van der Waals surface area contributed by atoms with Crippen molar-refractivity contribution in [2.75, 3.05) is 0 Å². The third-order valence-electron chi connectivity index (χ3n) is 2.64. The summed E-state index contributed by atoms with van der Waals surface area (Å²) < 4.78 is 38.6. The fourth-order valence-electron chi connectivity index (χ4n) is 1.78. The van der Waals surface area contributed by atoms with E-state index in [9.17, 15) is 13.2 Å². The molecule has 0 bridgehead atoms. The van der Waals surface area contributed by atoms with Crippen LogP contribution in [0.5, 0.6) is 0 Å². The van der Waals surface area contributed by atoms with Crippen molar-refractivity contribution in [3.8, 4) is 0 Å². The molecule has 2 N–H and O–H groups in total. The Hall–Kier alpha value is -0.860. The van der Waals surface area contributed by atoms with E-state index in [0.29, 0.717) is 5.03 Å². The van der Waals surface area contributed by atoms with Crippen molar-refractivity contribution in [2.24, 2.45) is 0 Å². The lowest BCUT2D eigenvalue weighted by Crippen LogP contribution is -2.20. The second kappa shape index (κ2) is 5.16. The molecule has 1 aliphatic rings. The number of alkyl halides is 3. The Balaban J connectivity index is 2.22. The van der Waals surface area contributed by atoms with E-state index in [-0.39, 0.29) is 10.7 Å². The van der Waals surface area contributed by atoms with Crippen molar-refractivity contribution in [2.45, 2.75) is 37.8 Å². The summed E-state index contributed by atoms with van der Waals surface area (Å²) in [5.74, 6) is 0. The minimum atomic E-state index is -4.52. The summed E-state index contributed by atoms with van der Waals surface area (Å²) in [7, 11) is 0. The highest BCUT2D eigenvalue weighted by molar-refractivity contribution is 8.03. The standard InChI is InChI=1S/C11H13ClF3N3OS/c1-5(20-6-4-10(2,3)19-18-6)7-8(11(13,14)15)16-17-9(7)12/h4-5,18H,1-3H3,(H,16,17). The summed E-state index contributed by atoms with van der Waals surface area (Å²) in [5.41, 5.74) is 1.22. The van der Waals surface area contributed by atoms with Crippen LogP contribution in [0, 0.1) is 0 Å². The number of aromatic nitrogens is 2. The van der Waals surface area contributed by atoms with E-state index in [1.165, 1.54) is 11.8 Å². The summed E-state index contributed by atoms with van der Waals surface area (Å²) in [6.45, 7) is 5.30. The normalized spacial score (nSPS) is 19.6. The Morgan fingerprint density at radius 1 is 1.45 bits per heavy atom. The Kier molecular flexibility index (Phi) is 4.01. The Labute approximate surface area is 123 Å². The first-order valence-electron chi connectivity index (χ1n) is 5.74. The largest absolute Gasteiger partial charge is 0.433 e. The van der Waals surface area contributed by atoms with Gasteiger partial charge in [0.25, 0.3) is 0 Å². The predicted octanol–water partition coefficient (Wildman–Crippen LogP) is 4.03. The zero-order chi connectivity index (χ0) is 15.1. The fourth-order valence-corrected chi connectivity index (χ4v) is 3.31. The maximum atomic E-state index is 12.9. The molecule has 2 heterocycles. The molecule has 0 aromatic carbocycles. The summed E-state index contributed by atoms with van der Waals surface area (Å²) in [5, 5.41) is 5.33. The molecule has 0 spiro atoms. The van der Waals surface area contributed by atoms with Gasteiger partial charge in [0, 0.05) is 10.8 Å². The highest BCUT2D eigenvalue weighted by Crippen LogP contribution is 2.44. The molecule has 1 aromatic rings. The van der Waals surface area contributed by atoms with Crippen LogP contribution in [-0.2, 0) is 11.0 Å². The Bertz CT molecular complexity index is 542. The number of hydroxylamine groups is 1. The van der Waals surface area contributed by atoms with Gasteiger partial charge in [0.05, 0.1) is 5.03 Å². The first-order chi connectivity index (χ1) is 9.10. The number of aromatic amines is 1. The van der Waals surface area contributed by atoms with Gasteiger partial charge < -0.3 is 0 Å². The van der Waals surface area contributed by atoms with Crippen LogP contribution in [0.15, 0.2) is 11.1 Å². The third-order valence-corrected chi connectivity index (χ3v) is 3.98. The number of rotatable bonds is 3. The van der Waals surface area contributed by atoms with Crippen LogP contribution in [0.3, 0.4) is 0 Å². The van der Waals surface area contributed by atoms with Crippen LogP contribution in [-0.4, -0.2) is 15.8 Å². The summed E-state index contributed by atoms with van der Waals surface area (Å²) in [6, 6.07) is 0. The van der Waals surface area contributed by atoms with Crippen LogP contribution >= 0.6 is 23.4 Å². The molecule has 0 aliphatic carbocycles. The monoisotopic (exact) mass is 327 g/mol. The van der Waals surface area contributed by atoms with Crippen LogP contribution in [0.2, 0.25) is 5.15 Å². The number of hydrogen-bond acceptors (Lipinski definition) is 4. The first kappa shape index (κ1) is 15.5. The molecule has 0 fully saturated rings. The molecule has 0 radical (unpaired) electrons. The van der Waals surface area contributed by atoms with Gasteiger partial charge in [-0.15, -0.1) is 0 Å². The molecule has 112 valence electrons. The SMILES string of the molecule is CC(SC1=CC(C)(C)ON1)c1c(Cl)n[nH]c1C(F)(F)F. The van der Waals surface area contributed by atoms with E-state index < -0.39 is 22.7 Å². The second-order valence-electron chi connectivity index (χ2n) is 4.88. The topological polar surface area (TPSA) is 49.9 Å². The van der Waals surface area contributed by atoms with Gasteiger partial charge in [-0.25, -0.2) is 0 Å². The third kappa shape index (κ3) is 3.24. The zero-order valence-electron chi connectivity index (χ0n) is 10.9. The lowest BCUT2D eigenvalue weighted by molar-refractivity contribution is -0.141. The number of nitrogens with one attached hydrogen (secondary N) is 2. The van der Waals surface area contributed by atoms with E-state index >= 15 is 0 Å². The van der Waals surface area contributed by atoms with E-state index in [1.807, 2.05) is 18.9 Å². The number of hydrogen-bond donors (Lipinski definition) is 2. The molecule has 2 rings (SSSR count). The molecule has 1 unspecified atom stereocenters. The van der Waals surface area contributed by atoms with Gasteiger partial charge in [-0.3, -0.25) is 15.4 Å². The first-order valence-corrected chi connectivity index (χ1v) is 7.00. The number of thioether (sulfide) groups is 1. The minimum absolute atomic E-state index is 0.0587. The number of halogens is 4. The molecule has 1 atom stereocenters. The maximum absolute atomic E-state index is 12.9. The Morgan fingerprint density at radius 2 is 2.10 bits per heavy atom. The molecule has 0 saturated carbocycles. The molecule has 0 saturated heterocycles. The number of H-pyrrole nitrogens is 1. The molecule has 0 amide bonds. The van der Waals surface area contributed by atoms with Gasteiger partial charge in [-0.05, 0) is 26.8 Å². The van der Waals surface area contributed by atoms with Crippen molar-refractivity contribution in [3.05, 3.63) is 27.5 Å². The highest BCUT2D eigenvalue weighted by atomic mass is 35.5. The van der Waals surface area contributed by atoms with E-state index in [0.717, 1.165) is 0 Å². The second-order valence-corrected chi connectivity index (χ2v) is 6.62. The van der Waals surface area contributed by atoms with Crippen LogP contribution in [0.1, 0.15) is 37.3 Å². The van der Waals surface area contributed by atoms with Crippen molar-refractivity contribution in [3.63, 3.8) is 0 Å². The fraction of sp³-hybridized carbons (Fsp3) is 0.545. The molecule has 1 aromatic heterocycles. The van der Waals surface area contributed by atoms with E-state index in [1.54, 1.807) is 13.0 Å². The zero-order valence-corrected chi connectivity index (χ0v) is 12.5. The summed E-state index contributed by atoms with van der Waals surface area (Å²) in [4.78, 5) is 5.26. The minimum Gasteiger partial charge on any atom is -0.272 e. The molecular formula is C11H13ClF3N3OS. The van der Waals surface area contributed by atoms with Gasteiger partial charge in [0.1, 0.15) is 11.3 Å². The molecule has 4 nitrogen and oxygen atoms in total. The van der Waals surface area contributed by atoms with Gasteiger partial charge in [-0.1, -0.05) is 23.4 Å².